The summed E-state index contributed by atoms with van der Waals surface area (Å²) in [6, 6.07) is 7.58. The van der Waals surface area contributed by atoms with E-state index in [1.807, 2.05) is 24.3 Å². The number of ether oxygens (including phenoxy) is 1. The van der Waals surface area contributed by atoms with Gasteiger partial charge in [0.15, 0.2) is 6.61 Å². The van der Waals surface area contributed by atoms with Gasteiger partial charge in [-0.25, -0.2) is 4.79 Å². The van der Waals surface area contributed by atoms with Crippen LogP contribution in [0.3, 0.4) is 0 Å². The van der Waals surface area contributed by atoms with Gasteiger partial charge in [0.2, 0.25) is 0 Å². The molecule has 1 aromatic rings. The number of hydrogen-bond acceptors (Lipinski definition) is 4. The van der Waals surface area contributed by atoms with Gasteiger partial charge < -0.3 is 14.9 Å². The van der Waals surface area contributed by atoms with E-state index in [1.54, 1.807) is 0 Å². The second-order valence-electron chi connectivity index (χ2n) is 6.94. The lowest BCUT2D eigenvalue weighted by Crippen LogP contribution is -2.51. The Bertz CT molecular complexity index is 572. The number of benzene rings is 1. The fourth-order valence-electron chi connectivity index (χ4n) is 3.71. The van der Waals surface area contributed by atoms with Crippen LogP contribution in [0.25, 0.3) is 0 Å². The summed E-state index contributed by atoms with van der Waals surface area (Å²) < 4.78 is 5.38. The first kappa shape index (κ1) is 16.3. The monoisotopic (exact) mass is 319 g/mol. The number of para-hydroxylation sites is 1. The van der Waals surface area contributed by atoms with Crippen LogP contribution in [-0.2, 0) is 11.3 Å². The first-order chi connectivity index (χ1) is 11.0. The van der Waals surface area contributed by atoms with Gasteiger partial charge in [0, 0.05) is 25.2 Å². The molecule has 0 radical (unpaired) electrons. The molecule has 5 nitrogen and oxygen atoms in total. The predicted molar refractivity (Wildman–Crippen MR) is 86.3 cm³/mol. The number of likely N-dealkylation sites (tertiary alicyclic amines) is 1. The quantitative estimate of drug-likeness (QED) is 0.840. The smallest absolute Gasteiger partial charge is 0.341 e. The van der Waals surface area contributed by atoms with Crippen LogP contribution < -0.4 is 4.74 Å². The van der Waals surface area contributed by atoms with E-state index in [0.29, 0.717) is 11.7 Å². The lowest BCUT2D eigenvalue weighted by Gasteiger charge is -2.43. The summed E-state index contributed by atoms with van der Waals surface area (Å²) in [5, 5.41) is 19.6. The maximum atomic E-state index is 10.8. The molecule has 0 amide bonds. The molecule has 5 heteroatoms. The molecule has 3 rings (SSSR count). The number of aliphatic carboxylic acids is 1. The second-order valence-corrected chi connectivity index (χ2v) is 6.94. The van der Waals surface area contributed by atoms with Crippen molar-refractivity contribution in [3.05, 3.63) is 29.8 Å². The number of nitrogens with zero attached hydrogens (tertiary/aromatic N) is 1. The molecule has 23 heavy (non-hydrogen) atoms. The van der Waals surface area contributed by atoms with Gasteiger partial charge in [-0.15, -0.1) is 0 Å². The minimum Gasteiger partial charge on any atom is -0.482 e. The molecule has 2 fully saturated rings. The van der Waals surface area contributed by atoms with Gasteiger partial charge in [0.25, 0.3) is 0 Å². The van der Waals surface area contributed by atoms with Crippen molar-refractivity contribution in [3.63, 3.8) is 0 Å². The summed E-state index contributed by atoms with van der Waals surface area (Å²) in [5.41, 5.74) is 0.508. The molecule has 0 spiro atoms. The van der Waals surface area contributed by atoms with E-state index in [0.717, 1.165) is 44.5 Å². The summed E-state index contributed by atoms with van der Waals surface area (Å²) in [6.07, 6.45) is 3.14. The molecular formula is C18H25NO4. The van der Waals surface area contributed by atoms with Gasteiger partial charge in [0.05, 0.1) is 5.60 Å². The van der Waals surface area contributed by atoms with Crippen LogP contribution in [0.1, 0.15) is 31.7 Å². The first-order valence-electron chi connectivity index (χ1n) is 8.36. The van der Waals surface area contributed by atoms with E-state index in [1.165, 1.54) is 0 Å². The highest BCUT2D eigenvalue weighted by Crippen LogP contribution is 2.47. The fraction of sp³-hybridized carbons (Fsp3) is 0.611. The maximum absolute atomic E-state index is 10.8. The lowest BCUT2D eigenvalue weighted by molar-refractivity contribution is -0.139. The zero-order valence-corrected chi connectivity index (χ0v) is 13.6. The van der Waals surface area contributed by atoms with Crippen molar-refractivity contribution in [2.75, 3.05) is 19.7 Å². The van der Waals surface area contributed by atoms with Crippen LogP contribution in [0.4, 0.5) is 0 Å². The number of rotatable bonds is 6. The maximum Gasteiger partial charge on any atom is 0.341 e. The third-order valence-corrected chi connectivity index (χ3v) is 5.22. The zero-order valence-electron chi connectivity index (χ0n) is 13.6. The molecule has 1 aliphatic carbocycles. The molecule has 126 valence electrons. The Morgan fingerprint density at radius 2 is 2.13 bits per heavy atom. The van der Waals surface area contributed by atoms with E-state index in [-0.39, 0.29) is 12.5 Å². The Hall–Kier alpha value is -1.59. The summed E-state index contributed by atoms with van der Waals surface area (Å²) >= 11 is 0. The Labute approximate surface area is 136 Å². The summed E-state index contributed by atoms with van der Waals surface area (Å²) in [4.78, 5) is 13.0. The highest BCUT2D eigenvalue weighted by atomic mass is 16.5. The van der Waals surface area contributed by atoms with Gasteiger partial charge in [-0.3, -0.25) is 4.90 Å². The Morgan fingerprint density at radius 1 is 1.39 bits per heavy atom. The molecule has 2 N–H and O–H groups in total. The zero-order chi connectivity index (χ0) is 16.4. The highest BCUT2D eigenvalue weighted by Gasteiger charge is 2.49. The molecule has 1 heterocycles. The van der Waals surface area contributed by atoms with Crippen LogP contribution in [0.2, 0.25) is 0 Å². The molecule has 0 unspecified atom stereocenters. The second kappa shape index (κ2) is 6.49. The Balaban J connectivity index is 1.63. The van der Waals surface area contributed by atoms with Crippen molar-refractivity contribution in [1.29, 1.82) is 0 Å². The number of carboxylic acids is 1. The van der Waals surface area contributed by atoms with E-state index >= 15 is 0 Å². The van der Waals surface area contributed by atoms with Crippen LogP contribution in [0.5, 0.6) is 5.75 Å². The van der Waals surface area contributed by atoms with Crippen molar-refractivity contribution in [1.82, 2.24) is 4.90 Å². The van der Waals surface area contributed by atoms with E-state index < -0.39 is 11.6 Å². The van der Waals surface area contributed by atoms with Crippen LogP contribution in [0.15, 0.2) is 24.3 Å². The van der Waals surface area contributed by atoms with Gasteiger partial charge in [0.1, 0.15) is 5.75 Å². The lowest BCUT2D eigenvalue weighted by atomic mass is 9.78. The topological polar surface area (TPSA) is 70.0 Å². The average Bonchev–Trinajstić information content (AvgIpc) is 3.35. The molecular weight excluding hydrogens is 294 g/mol. The van der Waals surface area contributed by atoms with Crippen molar-refractivity contribution >= 4 is 5.97 Å². The first-order valence-corrected chi connectivity index (χ1v) is 8.36. The Kier molecular flexibility index (Phi) is 4.60. The molecule has 1 saturated heterocycles. The van der Waals surface area contributed by atoms with Gasteiger partial charge in [-0.2, -0.15) is 0 Å². The van der Waals surface area contributed by atoms with E-state index in [2.05, 4.69) is 11.8 Å². The van der Waals surface area contributed by atoms with Gasteiger partial charge in [-0.05, 0) is 37.2 Å². The molecule has 1 aliphatic heterocycles. The number of carboxylic acid groups (broad SMARTS) is 1. The van der Waals surface area contributed by atoms with E-state index in [9.17, 15) is 9.90 Å². The molecule has 0 bridgehead atoms. The number of carbonyl (C=O) groups is 1. The molecule has 2 aliphatic rings. The number of hydrogen-bond donors (Lipinski definition) is 2. The SMILES string of the molecule is C[C@@H]1CN(Cc2ccccc2OCC(=O)O)CC[C@@]1(O)C1CC1. The minimum absolute atomic E-state index is 0.260. The average molecular weight is 319 g/mol. The van der Waals surface area contributed by atoms with Gasteiger partial charge in [-0.1, -0.05) is 25.1 Å². The number of aliphatic hydroxyl groups is 1. The van der Waals surface area contributed by atoms with Gasteiger partial charge >= 0.3 is 5.97 Å². The summed E-state index contributed by atoms with van der Waals surface area (Å²) in [7, 11) is 0. The fourth-order valence-corrected chi connectivity index (χ4v) is 3.71. The summed E-state index contributed by atoms with van der Waals surface area (Å²) in [6.45, 7) is 4.26. The molecule has 0 aromatic heterocycles. The van der Waals surface area contributed by atoms with E-state index in [4.69, 9.17) is 9.84 Å². The minimum atomic E-state index is -0.971. The standard InChI is InChI=1S/C18H25NO4/c1-13-10-19(9-8-18(13,22)15-6-7-15)11-14-4-2-3-5-16(14)23-12-17(20)21/h2-5,13,15,22H,6-12H2,1H3,(H,20,21)/t13-,18+/m1/s1. The predicted octanol–water partition coefficient (Wildman–Crippen LogP) is 2.13. The largest absolute Gasteiger partial charge is 0.482 e. The normalized spacial score (nSPS) is 28.5. The van der Waals surface area contributed by atoms with Crippen LogP contribution in [0, 0.1) is 11.8 Å². The number of piperidine rings is 1. The van der Waals surface area contributed by atoms with Crippen molar-refractivity contribution in [3.8, 4) is 5.75 Å². The highest BCUT2D eigenvalue weighted by molar-refractivity contribution is 5.68. The third-order valence-electron chi connectivity index (χ3n) is 5.22. The third kappa shape index (κ3) is 3.67. The Morgan fingerprint density at radius 3 is 2.78 bits per heavy atom. The molecule has 1 aromatic carbocycles. The summed E-state index contributed by atoms with van der Waals surface area (Å²) in [5.74, 6) is 0.410. The van der Waals surface area contributed by atoms with Crippen molar-refractivity contribution < 1.29 is 19.7 Å². The van der Waals surface area contributed by atoms with Crippen LogP contribution in [-0.4, -0.2) is 46.4 Å². The van der Waals surface area contributed by atoms with Crippen molar-refractivity contribution in [2.45, 2.75) is 38.3 Å². The molecule has 1 saturated carbocycles. The van der Waals surface area contributed by atoms with Crippen LogP contribution >= 0.6 is 0 Å². The molecule has 2 atom stereocenters. The van der Waals surface area contributed by atoms with Crippen molar-refractivity contribution in [2.24, 2.45) is 11.8 Å².